The van der Waals surface area contributed by atoms with Crippen LogP contribution in [0.2, 0.25) is 0 Å². The summed E-state index contributed by atoms with van der Waals surface area (Å²) < 4.78 is 6.18. The first-order chi connectivity index (χ1) is 10.8. The monoisotopic (exact) mass is 374 g/mol. The SMILES string of the molecule is Cl.Cl.O[C@@H]1C[C@H]2CNC[C@H]2C[C@H]1Oc1ccc2c(c1)CCNCC2. The van der Waals surface area contributed by atoms with E-state index in [1.807, 2.05) is 0 Å². The Hall–Kier alpha value is -0.520. The summed E-state index contributed by atoms with van der Waals surface area (Å²) in [7, 11) is 0. The minimum absolute atomic E-state index is 0. The van der Waals surface area contributed by atoms with Gasteiger partial charge < -0.3 is 20.5 Å². The molecule has 1 saturated carbocycles. The van der Waals surface area contributed by atoms with Gasteiger partial charge in [0.25, 0.3) is 0 Å². The van der Waals surface area contributed by atoms with Crippen molar-refractivity contribution in [1.29, 1.82) is 0 Å². The molecule has 0 unspecified atom stereocenters. The van der Waals surface area contributed by atoms with E-state index in [9.17, 15) is 5.11 Å². The second-order valence-electron chi connectivity index (χ2n) is 7.05. The van der Waals surface area contributed by atoms with E-state index in [4.69, 9.17) is 4.74 Å². The molecule has 3 aliphatic rings. The molecule has 136 valence electrons. The minimum Gasteiger partial charge on any atom is -0.488 e. The molecule has 4 rings (SSSR count). The van der Waals surface area contributed by atoms with Gasteiger partial charge in [0.15, 0.2) is 0 Å². The van der Waals surface area contributed by atoms with E-state index in [1.165, 1.54) is 11.1 Å². The van der Waals surface area contributed by atoms with Gasteiger partial charge in [-0.2, -0.15) is 0 Å². The van der Waals surface area contributed by atoms with E-state index >= 15 is 0 Å². The normalized spacial score (nSPS) is 31.7. The van der Waals surface area contributed by atoms with Crippen LogP contribution in [-0.4, -0.2) is 43.5 Å². The predicted octanol–water partition coefficient (Wildman–Crippen LogP) is 1.96. The molecule has 24 heavy (non-hydrogen) atoms. The minimum atomic E-state index is -0.332. The highest BCUT2D eigenvalue weighted by Gasteiger charge is 2.39. The zero-order valence-electron chi connectivity index (χ0n) is 13.9. The van der Waals surface area contributed by atoms with Crippen molar-refractivity contribution < 1.29 is 9.84 Å². The molecule has 2 aliphatic heterocycles. The van der Waals surface area contributed by atoms with Crippen LogP contribution in [-0.2, 0) is 12.8 Å². The van der Waals surface area contributed by atoms with Crippen LogP contribution in [0.25, 0.3) is 0 Å². The molecule has 2 heterocycles. The maximum atomic E-state index is 10.4. The topological polar surface area (TPSA) is 53.5 Å². The largest absolute Gasteiger partial charge is 0.488 e. The molecule has 2 fully saturated rings. The molecule has 1 aromatic carbocycles. The third-order valence-electron chi connectivity index (χ3n) is 5.60. The number of fused-ring (bicyclic) bond motifs is 2. The molecule has 3 N–H and O–H groups in total. The Bertz CT molecular complexity index is 544. The molecule has 4 nitrogen and oxygen atoms in total. The Morgan fingerprint density at radius 3 is 2.42 bits per heavy atom. The Kier molecular flexibility index (Phi) is 7.20. The van der Waals surface area contributed by atoms with Gasteiger partial charge in [-0.15, -0.1) is 24.8 Å². The van der Waals surface area contributed by atoms with Gasteiger partial charge in [0.2, 0.25) is 0 Å². The van der Waals surface area contributed by atoms with Crippen molar-refractivity contribution >= 4 is 24.8 Å². The van der Waals surface area contributed by atoms with Crippen molar-refractivity contribution in [3.63, 3.8) is 0 Å². The quantitative estimate of drug-likeness (QED) is 0.740. The summed E-state index contributed by atoms with van der Waals surface area (Å²) in [6.45, 7) is 4.23. The average Bonchev–Trinajstić information content (AvgIpc) is 2.83. The van der Waals surface area contributed by atoms with E-state index in [-0.39, 0.29) is 37.0 Å². The molecule has 0 spiro atoms. The lowest BCUT2D eigenvalue weighted by atomic mass is 9.78. The van der Waals surface area contributed by atoms with E-state index in [0.717, 1.165) is 57.6 Å². The second kappa shape index (κ2) is 8.72. The Morgan fingerprint density at radius 2 is 1.62 bits per heavy atom. The number of benzene rings is 1. The van der Waals surface area contributed by atoms with Crippen LogP contribution in [0.15, 0.2) is 18.2 Å². The molecule has 0 bridgehead atoms. The van der Waals surface area contributed by atoms with Crippen LogP contribution < -0.4 is 15.4 Å². The van der Waals surface area contributed by atoms with Crippen LogP contribution in [0.5, 0.6) is 5.75 Å². The maximum absolute atomic E-state index is 10.4. The Balaban J connectivity index is 0.00000104. The van der Waals surface area contributed by atoms with Gasteiger partial charge >= 0.3 is 0 Å². The van der Waals surface area contributed by atoms with Gasteiger partial charge in [0, 0.05) is 0 Å². The fourth-order valence-corrected chi connectivity index (χ4v) is 4.28. The molecule has 4 atom stereocenters. The molecule has 0 amide bonds. The maximum Gasteiger partial charge on any atom is 0.125 e. The summed E-state index contributed by atoms with van der Waals surface area (Å²) in [6, 6.07) is 6.47. The number of rotatable bonds is 2. The highest BCUT2D eigenvalue weighted by molar-refractivity contribution is 5.85. The van der Waals surface area contributed by atoms with Crippen LogP contribution in [0.3, 0.4) is 0 Å². The summed E-state index contributed by atoms with van der Waals surface area (Å²) in [5, 5.41) is 17.3. The number of aliphatic hydroxyl groups is 1. The van der Waals surface area contributed by atoms with Crippen molar-refractivity contribution in [3.05, 3.63) is 29.3 Å². The first-order valence-electron chi connectivity index (χ1n) is 8.67. The summed E-state index contributed by atoms with van der Waals surface area (Å²) >= 11 is 0. The lowest BCUT2D eigenvalue weighted by Crippen LogP contribution is -2.42. The second-order valence-corrected chi connectivity index (χ2v) is 7.05. The number of aliphatic hydroxyl groups excluding tert-OH is 1. The number of halogens is 2. The van der Waals surface area contributed by atoms with Gasteiger partial charge in [0.1, 0.15) is 11.9 Å². The molecule has 0 aromatic heterocycles. The average molecular weight is 375 g/mol. The number of hydrogen-bond donors (Lipinski definition) is 3. The third kappa shape index (κ3) is 4.17. The smallest absolute Gasteiger partial charge is 0.125 e. The van der Waals surface area contributed by atoms with Crippen molar-refractivity contribution in [1.82, 2.24) is 10.6 Å². The summed E-state index contributed by atoms with van der Waals surface area (Å²) in [5.74, 6) is 2.22. The van der Waals surface area contributed by atoms with Gasteiger partial charge in [-0.3, -0.25) is 0 Å². The number of ether oxygens (including phenoxy) is 1. The van der Waals surface area contributed by atoms with Gasteiger partial charge in [-0.05, 0) is 87.0 Å². The molecule has 1 saturated heterocycles. The van der Waals surface area contributed by atoms with E-state index in [1.54, 1.807) is 0 Å². The zero-order valence-corrected chi connectivity index (χ0v) is 15.5. The third-order valence-corrected chi connectivity index (χ3v) is 5.60. The summed E-state index contributed by atoms with van der Waals surface area (Å²) in [6.07, 6.45) is 3.62. The van der Waals surface area contributed by atoms with Crippen molar-refractivity contribution in [2.45, 2.75) is 37.9 Å². The van der Waals surface area contributed by atoms with Gasteiger partial charge in [-0.25, -0.2) is 0 Å². The predicted molar refractivity (Wildman–Crippen MR) is 101 cm³/mol. The van der Waals surface area contributed by atoms with Crippen LogP contribution in [0.1, 0.15) is 24.0 Å². The molecular weight excluding hydrogens is 347 g/mol. The lowest BCUT2D eigenvalue weighted by Gasteiger charge is -2.35. The highest BCUT2D eigenvalue weighted by atomic mass is 35.5. The molecule has 1 aromatic rings. The fraction of sp³-hybridized carbons (Fsp3) is 0.667. The van der Waals surface area contributed by atoms with Crippen LogP contribution in [0.4, 0.5) is 0 Å². The Morgan fingerprint density at radius 1 is 0.917 bits per heavy atom. The van der Waals surface area contributed by atoms with Crippen LogP contribution in [0, 0.1) is 11.8 Å². The van der Waals surface area contributed by atoms with Crippen LogP contribution >= 0.6 is 24.8 Å². The fourth-order valence-electron chi connectivity index (χ4n) is 4.28. The van der Waals surface area contributed by atoms with Crippen molar-refractivity contribution in [3.8, 4) is 5.75 Å². The molecule has 0 radical (unpaired) electrons. The molecular formula is C18H28Cl2N2O2. The Labute approximate surface area is 156 Å². The first kappa shape index (κ1) is 19.8. The highest BCUT2D eigenvalue weighted by Crippen LogP contribution is 2.35. The summed E-state index contributed by atoms with van der Waals surface area (Å²) in [5.41, 5.74) is 2.83. The lowest BCUT2D eigenvalue weighted by molar-refractivity contribution is -0.0231. The molecule has 6 heteroatoms. The van der Waals surface area contributed by atoms with Gasteiger partial charge in [0.05, 0.1) is 6.10 Å². The van der Waals surface area contributed by atoms with E-state index in [0.29, 0.717) is 11.8 Å². The van der Waals surface area contributed by atoms with Crippen molar-refractivity contribution in [2.75, 3.05) is 26.2 Å². The molecule has 1 aliphatic carbocycles. The summed E-state index contributed by atoms with van der Waals surface area (Å²) in [4.78, 5) is 0. The van der Waals surface area contributed by atoms with Crippen molar-refractivity contribution in [2.24, 2.45) is 11.8 Å². The first-order valence-corrected chi connectivity index (χ1v) is 8.67. The number of hydrogen-bond acceptors (Lipinski definition) is 4. The van der Waals surface area contributed by atoms with Gasteiger partial charge in [-0.1, -0.05) is 6.07 Å². The zero-order chi connectivity index (χ0) is 14.9. The van der Waals surface area contributed by atoms with E-state index in [2.05, 4.69) is 28.8 Å². The number of nitrogens with one attached hydrogen (secondary N) is 2. The van der Waals surface area contributed by atoms with E-state index < -0.39 is 0 Å². The standard InChI is InChI=1S/C18H26N2O2.2ClH/c21-17-8-14-10-20-11-15(14)9-18(17)22-16-2-1-12-3-5-19-6-4-13(12)7-16;;/h1-2,7,14-15,17-21H,3-6,8-11H2;2*1H/t14-,15+,17+,18+;;/m0../s1.